The van der Waals surface area contributed by atoms with Gasteiger partial charge < -0.3 is 15.8 Å². The van der Waals surface area contributed by atoms with Gasteiger partial charge in [-0.2, -0.15) is 0 Å². The Hall–Kier alpha value is -2.04. The molecule has 1 aliphatic carbocycles. The summed E-state index contributed by atoms with van der Waals surface area (Å²) in [4.78, 5) is 23.1. The second kappa shape index (κ2) is 6.41. The topological polar surface area (TPSA) is 81.4 Å². The average Bonchev–Trinajstić information content (AvgIpc) is 2.82. The lowest BCUT2D eigenvalue weighted by Gasteiger charge is -2.18. The molecule has 5 heteroatoms. The molecule has 1 aliphatic rings. The van der Waals surface area contributed by atoms with Crippen LogP contribution in [0, 0.1) is 5.92 Å². The summed E-state index contributed by atoms with van der Waals surface area (Å²) in [7, 11) is 0. The molecule has 2 rings (SSSR count). The first kappa shape index (κ1) is 14.4. The van der Waals surface area contributed by atoms with Gasteiger partial charge in [-0.25, -0.2) is 0 Å². The Morgan fingerprint density at radius 1 is 1.35 bits per heavy atom. The summed E-state index contributed by atoms with van der Waals surface area (Å²) in [6, 6.07) is 7.09. The van der Waals surface area contributed by atoms with E-state index in [2.05, 4.69) is 12.2 Å². The quantitative estimate of drug-likeness (QED) is 0.854. The molecule has 2 amide bonds. The zero-order chi connectivity index (χ0) is 14.5. The fraction of sp³-hybridized carbons (Fsp3) is 0.467. The summed E-state index contributed by atoms with van der Waals surface area (Å²) < 4.78 is 5.28. The van der Waals surface area contributed by atoms with Gasteiger partial charge in [-0.1, -0.05) is 25.5 Å². The van der Waals surface area contributed by atoms with Gasteiger partial charge in [-0.15, -0.1) is 0 Å². The number of nitrogens with two attached hydrogens (primary N) is 1. The molecule has 1 aromatic carbocycles. The van der Waals surface area contributed by atoms with E-state index in [1.165, 1.54) is 0 Å². The molecular weight excluding hydrogens is 256 g/mol. The van der Waals surface area contributed by atoms with Gasteiger partial charge >= 0.3 is 0 Å². The van der Waals surface area contributed by atoms with Crippen molar-refractivity contribution in [3.05, 3.63) is 29.8 Å². The Kier molecular flexibility index (Phi) is 4.61. The van der Waals surface area contributed by atoms with Crippen molar-refractivity contribution >= 4 is 11.8 Å². The lowest BCUT2D eigenvalue weighted by molar-refractivity contribution is -0.119. The average molecular weight is 276 g/mol. The molecule has 2 unspecified atom stereocenters. The van der Waals surface area contributed by atoms with E-state index in [-0.39, 0.29) is 18.6 Å². The van der Waals surface area contributed by atoms with Crippen LogP contribution in [0.4, 0.5) is 0 Å². The maximum atomic E-state index is 12.3. The second-order valence-corrected chi connectivity index (χ2v) is 5.24. The molecule has 2 atom stereocenters. The van der Waals surface area contributed by atoms with Gasteiger partial charge in [-0.3, -0.25) is 9.59 Å². The Labute approximate surface area is 118 Å². The molecule has 1 aromatic rings. The van der Waals surface area contributed by atoms with E-state index in [1.54, 1.807) is 24.3 Å². The summed E-state index contributed by atoms with van der Waals surface area (Å²) in [5.74, 6) is 0.153. The molecule has 108 valence electrons. The van der Waals surface area contributed by atoms with Crippen molar-refractivity contribution < 1.29 is 14.3 Å². The third-order valence-corrected chi connectivity index (χ3v) is 3.68. The van der Waals surface area contributed by atoms with Gasteiger partial charge in [0.15, 0.2) is 6.61 Å². The van der Waals surface area contributed by atoms with Crippen LogP contribution in [0.5, 0.6) is 5.75 Å². The van der Waals surface area contributed by atoms with Gasteiger partial charge in [0.2, 0.25) is 0 Å². The van der Waals surface area contributed by atoms with Gasteiger partial charge in [0.1, 0.15) is 5.75 Å². The molecule has 0 radical (unpaired) electrons. The number of carbonyl (C=O) groups is 2. The number of primary amides is 1. The minimum absolute atomic E-state index is 0.163. The van der Waals surface area contributed by atoms with E-state index < -0.39 is 5.91 Å². The first-order valence-electron chi connectivity index (χ1n) is 6.89. The molecule has 5 nitrogen and oxygen atoms in total. The SMILES string of the molecule is CC1CCCC1NC(=O)c1ccccc1OCC(N)=O. The summed E-state index contributed by atoms with van der Waals surface area (Å²) in [5.41, 5.74) is 5.49. The van der Waals surface area contributed by atoms with Crippen molar-refractivity contribution in [2.75, 3.05) is 6.61 Å². The van der Waals surface area contributed by atoms with Crippen LogP contribution in [0.1, 0.15) is 36.5 Å². The molecule has 0 aromatic heterocycles. The fourth-order valence-electron chi connectivity index (χ4n) is 2.53. The Morgan fingerprint density at radius 3 is 2.75 bits per heavy atom. The number of para-hydroxylation sites is 1. The molecule has 20 heavy (non-hydrogen) atoms. The van der Waals surface area contributed by atoms with Crippen LogP contribution in [0.2, 0.25) is 0 Å². The number of hydrogen-bond acceptors (Lipinski definition) is 3. The first-order valence-corrected chi connectivity index (χ1v) is 6.89. The number of ether oxygens (including phenoxy) is 1. The lowest BCUT2D eigenvalue weighted by atomic mass is 10.1. The summed E-state index contributed by atoms with van der Waals surface area (Å²) >= 11 is 0. The van der Waals surface area contributed by atoms with E-state index in [1.807, 2.05) is 0 Å². The van der Waals surface area contributed by atoms with Crippen LogP contribution in [0.3, 0.4) is 0 Å². The van der Waals surface area contributed by atoms with Crippen molar-refractivity contribution in [2.45, 2.75) is 32.2 Å². The predicted molar refractivity (Wildman–Crippen MR) is 75.4 cm³/mol. The standard InChI is InChI=1S/C15H20N2O3/c1-10-5-4-7-12(10)17-15(19)11-6-2-3-8-13(11)20-9-14(16)18/h2-3,6,8,10,12H,4-5,7,9H2,1H3,(H2,16,18)(H,17,19). The molecule has 0 bridgehead atoms. The molecule has 3 N–H and O–H groups in total. The highest BCUT2D eigenvalue weighted by Crippen LogP contribution is 2.26. The van der Waals surface area contributed by atoms with Gasteiger partial charge in [0.05, 0.1) is 5.56 Å². The lowest BCUT2D eigenvalue weighted by Crippen LogP contribution is -2.36. The van der Waals surface area contributed by atoms with Crippen LogP contribution < -0.4 is 15.8 Å². The number of amides is 2. The predicted octanol–water partition coefficient (Wildman–Crippen LogP) is 1.47. The van der Waals surface area contributed by atoms with Gasteiger partial charge in [0, 0.05) is 6.04 Å². The second-order valence-electron chi connectivity index (χ2n) is 5.24. The largest absolute Gasteiger partial charge is 0.483 e. The molecule has 0 saturated heterocycles. The monoisotopic (exact) mass is 276 g/mol. The minimum atomic E-state index is -0.565. The normalized spacial score (nSPS) is 21.4. The third-order valence-electron chi connectivity index (χ3n) is 3.68. The van der Waals surface area contributed by atoms with Crippen molar-refractivity contribution in [3.63, 3.8) is 0 Å². The number of rotatable bonds is 5. The Morgan fingerprint density at radius 2 is 2.10 bits per heavy atom. The third kappa shape index (κ3) is 3.50. The van der Waals surface area contributed by atoms with Gasteiger partial charge in [-0.05, 0) is 30.9 Å². The summed E-state index contributed by atoms with van der Waals surface area (Å²) in [6.45, 7) is 1.91. The number of hydrogen-bond donors (Lipinski definition) is 2. The van der Waals surface area contributed by atoms with Crippen molar-refractivity contribution in [3.8, 4) is 5.75 Å². The van der Waals surface area contributed by atoms with Crippen molar-refractivity contribution in [1.82, 2.24) is 5.32 Å². The van der Waals surface area contributed by atoms with Crippen molar-refractivity contribution in [2.24, 2.45) is 11.7 Å². The molecule has 0 heterocycles. The van der Waals surface area contributed by atoms with E-state index in [0.717, 1.165) is 19.3 Å². The van der Waals surface area contributed by atoms with E-state index in [0.29, 0.717) is 17.2 Å². The molecular formula is C15H20N2O3. The Bertz CT molecular complexity index is 502. The molecule has 0 aliphatic heterocycles. The minimum Gasteiger partial charge on any atom is -0.483 e. The molecule has 0 spiro atoms. The highest BCUT2D eigenvalue weighted by molar-refractivity contribution is 5.97. The van der Waals surface area contributed by atoms with E-state index in [9.17, 15) is 9.59 Å². The zero-order valence-corrected chi connectivity index (χ0v) is 11.6. The van der Waals surface area contributed by atoms with Crippen LogP contribution in [0.15, 0.2) is 24.3 Å². The number of carbonyl (C=O) groups excluding carboxylic acids is 2. The van der Waals surface area contributed by atoms with E-state index in [4.69, 9.17) is 10.5 Å². The molecule has 1 fully saturated rings. The first-order chi connectivity index (χ1) is 9.58. The Balaban J connectivity index is 2.06. The van der Waals surface area contributed by atoms with Crippen LogP contribution >= 0.6 is 0 Å². The number of nitrogens with one attached hydrogen (secondary N) is 1. The van der Waals surface area contributed by atoms with Gasteiger partial charge in [0.25, 0.3) is 11.8 Å². The smallest absolute Gasteiger partial charge is 0.255 e. The highest BCUT2D eigenvalue weighted by atomic mass is 16.5. The summed E-state index contributed by atoms with van der Waals surface area (Å²) in [6.07, 6.45) is 3.30. The molecule has 1 saturated carbocycles. The zero-order valence-electron chi connectivity index (χ0n) is 11.6. The summed E-state index contributed by atoms with van der Waals surface area (Å²) in [5, 5.41) is 3.04. The fourth-order valence-corrected chi connectivity index (χ4v) is 2.53. The van der Waals surface area contributed by atoms with Crippen LogP contribution in [-0.2, 0) is 4.79 Å². The maximum absolute atomic E-state index is 12.3. The van der Waals surface area contributed by atoms with Crippen LogP contribution in [-0.4, -0.2) is 24.5 Å². The maximum Gasteiger partial charge on any atom is 0.255 e. The highest BCUT2D eigenvalue weighted by Gasteiger charge is 2.26. The van der Waals surface area contributed by atoms with Crippen molar-refractivity contribution in [1.29, 1.82) is 0 Å². The van der Waals surface area contributed by atoms with Crippen LogP contribution in [0.25, 0.3) is 0 Å². The number of benzene rings is 1. The van der Waals surface area contributed by atoms with E-state index >= 15 is 0 Å².